The van der Waals surface area contributed by atoms with Gasteiger partial charge >= 0.3 is 0 Å². The summed E-state index contributed by atoms with van der Waals surface area (Å²) in [5, 5.41) is 5.76. The van der Waals surface area contributed by atoms with Crippen LogP contribution in [0.5, 0.6) is 0 Å². The van der Waals surface area contributed by atoms with Gasteiger partial charge < -0.3 is 5.32 Å². The fraction of sp³-hybridized carbons (Fsp3) is 0.375. The van der Waals surface area contributed by atoms with Crippen LogP contribution in [0.1, 0.15) is 22.8 Å². The molecular formula is C16H18BrNS. The highest BCUT2D eigenvalue weighted by Gasteiger charge is 2.27. The Kier molecular flexibility index (Phi) is 4.36. The van der Waals surface area contributed by atoms with Crippen LogP contribution >= 0.6 is 27.3 Å². The molecule has 0 spiro atoms. The minimum atomic E-state index is 0.706. The Labute approximate surface area is 127 Å². The summed E-state index contributed by atoms with van der Waals surface area (Å²) in [5.74, 6) is 1.42. The predicted molar refractivity (Wildman–Crippen MR) is 85.9 cm³/mol. The summed E-state index contributed by atoms with van der Waals surface area (Å²) in [5.41, 5.74) is 1.46. The van der Waals surface area contributed by atoms with Gasteiger partial charge in [0.15, 0.2) is 0 Å². The maximum Gasteiger partial charge on any atom is 0.0285 e. The topological polar surface area (TPSA) is 12.0 Å². The Morgan fingerprint density at radius 3 is 2.84 bits per heavy atom. The van der Waals surface area contributed by atoms with Gasteiger partial charge in [0.05, 0.1) is 0 Å². The maximum absolute atomic E-state index is 3.58. The molecule has 1 aliphatic heterocycles. The number of hydrogen-bond donors (Lipinski definition) is 1. The molecule has 0 amide bonds. The van der Waals surface area contributed by atoms with E-state index in [1.165, 1.54) is 27.8 Å². The van der Waals surface area contributed by atoms with Gasteiger partial charge in [-0.1, -0.05) is 30.3 Å². The summed E-state index contributed by atoms with van der Waals surface area (Å²) in [4.78, 5) is 1.54. The molecule has 0 bridgehead atoms. The highest BCUT2D eigenvalue weighted by Crippen LogP contribution is 2.37. The van der Waals surface area contributed by atoms with Gasteiger partial charge in [-0.05, 0) is 65.3 Å². The van der Waals surface area contributed by atoms with Gasteiger partial charge in [-0.3, -0.25) is 0 Å². The number of thiophene rings is 1. The molecule has 1 saturated heterocycles. The average Bonchev–Trinajstić information content (AvgIpc) is 2.87. The molecule has 2 unspecified atom stereocenters. The molecule has 2 heterocycles. The fourth-order valence-corrected chi connectivity index (χ4v) is 4.63. The lowest BCUT2D eigenvalue weighted by atomic mass is 9.81. The van der Waals surface area contributed by atoms with Gasteiger partial charge in [-0.25, -0.2) is 0 Å². The van der Waals surface area contributed by atoms with Crippen LogP contribution in [-0.4, -0.2) is 13.1 Å². The Morgan fingerprint density at radius 2 is 2.11 bits per heavy atom. The van der Waals surface area contributed by atoms with Crippen molar-refractivity contribution in [3.8, 4) is 0 Å². The normalized spacial score (nSPS) is 23.4. The first-order chi connectivity index (χ1) is 9.33. The predicted octanol–water partition coefficient (Wildman–Crippen LogP) is 4.45. The SMILES string of the molecule is Brc1csc(C2CCNCC2Cc2ccccc2)c1. The summed E-state index contributed by atoms with van der Waals surface area (Å²) in [6, 6.07) is 13.2. The van der Waals surface area contributed by atoms with E-state index < -0.39 is 0 Å². The van der Waals surface area contributed by atoms with Crippen molar-refractivity contribution in [2.75, 3.05) is 13.1 Å². The largest absolute Gasteiger partial charge is 0.316 e. The van der Waals surface area contributed by atoms with E-state index in [2.05, 4.69) is 63.0 Å². The van der Waals surface area contributed by atoms with Gasteiger partial charge in [0.2, 0.25) is 0 Å². The third-order valence-corrected chi connectivity index (χ3v) is 5.73. The Morgan fingerprint density at radius 1 is 1.26 bits per heavy atom. The van der Waals surface area contributed by atoms with Gasteiger partial charge in [0.1, 0.15) is 0 Å². The van der Waals surface area contributed by atoms with Gasteiger partial charge in [0, 0.05) is 14.7 Å². The van der Waals surface area contributed by atoms with Gasteiger partial charge in [0.25, 0.3) is 0 Å². The zero-order chi connectivity index (χ0) is 13.1. The van der Waals surface area contributed by atoms with Crippen LogP contribution in [0.15, 0.2) is 46.3 Å². The molecule has 3 rings (SSSR count). The van der Waals surface area contributed by atoms with E-state index in [0.717, 1.165) is 13.1 Å². The first-order valence-corrected chi connectivity index (χ1v) is 8.49. The zero-order valence-corrected chi connectivity index (χ0v) is 13.2. The number of nitrogens with one attached hydrogen (secondary N) is 1. The van der Waals surface area contributed by atoms with E-state index in [-0.39, 0.29) is 0 Å². The number of halogens is 1. The van der Waals surface area contributed by atoms with Crippen LogP contribution < -0.4 is 5.32 Å². The smallest absolute Gasteiger partial charge is 0.0285 e. The summed E-state index contributed by atoms with van der Waals surface area (Å²) in [6.45, 7) is 2.28. The van der Waals surface area contributed by atoms with Crippen LogP contribution in [-0.2, 0) is 6.42 Å². The number of rotatable bonds is 3. The highest BCUT2D eigenvalue weighted by atomic mass is 79.9. The lowest BCUT2D eigenvalue weighted by molar-refractivity contribution is 0.327. The molecule has 0 aliphatic carbocycles. The van der Waals surface area contributed by atoms with Crippen LogP contribution in [0.4, 0.5) is 0 Å². The van der Waals surface area contributed by atoms with Crippen LogP contribution in [0, 0.1) is 5.92 Å². The molecule has 0 radical (unpaired) electrons. The third-order valence-electron chi connectivity index (χ3n) is 3.90. The molecule has 1 aromatic heterocycles. The molecule has 19 heavy (non-hydrogen) atoms. The third kappa shape index (κ3) is 3.28. The molecule has 1 aliphatic rings. The minimum Gasteiger partial charge on any atom is -0.316 e. The van der Waals surface area contributed by atoms with E-state index in [4.69, 9.17) is 0 Å². The Bertz CT molecular complexity index is 523. The van der Waals surface area contributed by atoms with Crippen LogP contribution in [0.2, 0.25) is 0 Å². The Hall–Kier alpha value is -0.640. The first-order valence-electron chi connectivity index (χ1n) is 6.81. The second-order valence-electron chi connectivity index (χ2n) is 5.22. The molecular weight excluding hydrogens is 318 g/mol. The molecule has 3 heteroatoms. The number of hydrogen-bond acceptors (Lipinski definition) is 2. The number of piperidine rings is 1. The molecule has 100 valence electrons. The van der Waals surface area contributed by atoms with Crippen molar-refractivity contribution in [2.45, 2.75) is 18.8 Å². The van der Waals surface area contributed by atoms with Crippen molar-refractivity contribution in [1.82, 2.24) is 5.32 Å². The van der Waals surface area contributed by atoms with E-state index in [1.807, 2.05) is 11.3 Å². The molecule has 1 nitrogen and oxygen atoms in total. The van der Waals surface area contributed by atoms with Crippen LogP contribution in [0.25, 0.3) is 0 Å². The van der Waals surface area contributed by atoms with Crippen molar-refractivity contribution in [1.29, 1.82) is 0 Å². The summed E-state index contributed by atoms with van der Waals surface area (Å²) >= 11 is 5.48. The first kappa shape index (κ1) is 13.3. The molecule has 2 aromatic rings. The average molecular weight is 336 g/mol. The Balaban J connectivity index is 1.77. The second kappa shape index (κ2) is 6.21. The van der Waals surface area contributed by atoms with E-state index >= 15 is 0 Å². The maximum atomic E-state index is 3.58. The molecule has 1 fully saturated rings. The van der Waals surface area contributed by atoms with Crippen LogP contribution in [0.3, 0.4) is 0 Å². The second-order valence-corrected chi connectivity index (χ2v) is 7.07. The van der Waals surface area contributed by atoms with Gasteiger partial charge in [-0.2, -0.15) is 0 Å². The quantitative estimate of drug-likeness (QED) is 0.873. The van der Waals surface area contributed by atoms with E-state index in [9.17, 15) is 0 Å². The molecule has 1 N–H and O–H groups in total. The zero-order valence-electron chi connectivity index (χ0n) is 10.8. The standard InChI is InChI=1S/C16H18BrNS/c17-14-9-16(19-11-14)15-6-7-18-10-13(15)8-12-4-2-1-3-5-12/h1-5,9,11,13,15,18H,6-8,10H2. The van der Waals surface area contributed by atoms with Crippen molar-refractivity contribution in [3.05, 3.63) is 56.7 Å². The number of benzene rings is 1. The fourth-order valence-electron chi connectivity index (χ4n) is 2.95. The van der Waals surface area contributed by atoms with Crippen molar-refractivity contribution in [2.24, 2.45) is 5.92 Å². The van der Waals surface area contributed by atoms with Crippen molar-refractivity contribution >= 4 is 27.3 Å². The summed E-state index contributed by atoms with van der Waals surface area (Å²) < 4.78 is 1.23. The van der Waals surface area contributed by atoms with E-state index in [1.54, 1.807) is 0 Å². The van der Waals surface area contributed by atoms with Gasteiger partial charge in [-0.15, -0.1) is 11.3 Å². The highest BCUT2D eigenvalue weighted by molar-refractivity contribution is 9.10. The molecule has 0 saturated carbocycles. The van der Waals surface area contributed by atoms with E-state index in [0.29, 0.717) is 11.8 Å². The minimum absolute atomic E-state index is 0.706. The summed E-state index contributed by atoms with van der Waals surface area (Å²) in [7, 11) is 0. The lowest BCUT2D eigenvalue weighted by Crippen LogP contribution is -2.36. The lowest BCUT2D eigenvalue weighted by Gasteiger charge is -2.31. The summed E-state index contributed by atoms with van der Waals surface area (Å²) in [6.07, 6.45) is 2.43. The molecule has 2 atom stereocenters. The van der Waals surface area contributed by atoms with Crippen molar-refractivity contribution in [3.63, 3.8) is 0 Å². The monoisotopic (exact) mass is 335 g/mol. The van der Waals surface area contributed by atoms with Crippen molar-refractivity contribution < 1.29 is 0 Å². The molecule has 1 aromatic carbocycles.